The van der Waals surface area contributed by atoms with Crippen LogP contribution in [0.25, 0.3) is 0 Å². The smallest absolute Gasteiger partial charge is 0.164 e. The molecule has 0 bridgehead atoms. The van der Waals surface area contributed by atoms with E-state index in [0.717, 1.165) is 0 Å². The first-order valence-corrected chi connectivity index (χ1v) is 6.07. The van der Waals surface area contributed by atoms with Crippen molar-refractivity contribution in [3.8, 4) is 23.0 Å². The van der Waals surface area contributed by atoms with E-state index in [-0.39, 0.29) is 10.8 Å². The van der Waals surface area contributed by atoms with Gasteiger partial charge >= 0.3 is 0 Å². The van der Waals surface area contributed by atoms with Crippen LogP contribution < -0.4 is 19.9 Å². The lowest BCUT2D eigenvalue weighted by Crippen LogP contribution is -1.97. The van der Waals surface area contributed by atoms with Gasteiger partial charge in [-0.25, -0.2) is 4.39 Å². The molecule has 2 aromatic carbocycles. The minimum absolute atomic E-state index is 0.0256. The van der Waals surface area contributed by atoms with Crippen molar-refractivity contribution < 1.29 is 18.6 Å². The Hall–Kier alpha value is -2.14. The zero-order chi connectivity index (χ0) is 14.7. The number of benzene rings is 2. The highest BCUT2D eigenvalue weighted by Gasteiger charge is 2.11. The van der Waals surface area contributed by atoms with E-state index < -0.39 is 5.82 Å². The van der Waals surface area contributed by atoms with Gasteiger partial charge in [0.1, 0.15) is 11.6 Å². The van der Waals surface area contributed by atoms with Crippen molar-refractivity contribution in [3.63, 3.8) is 0 Å². The van der Waals surface area contributed by atoms with Crippen molar-refractivity contribution in [2.75, 3.05) is 20.0 Å². The predicted octanol–water partition coefficient (Wildman–Crippen LogP) is 3.87. The lowest BCUT2D eigenvalue weighted by molar-refractivity contribution is 0.352. The maximum Gasteiger partial charge on any atom is 0.164 e. The number of nitrogen functional groups attached to an aromatic ring is 1. The highest BCUT2D eigenvalue weighted by molar-refractivity contribution is 6.30. The molecule has 0 heterocycles. The molecule has 6 heteroatoms. The van der Waals surface area contributed by atoms with Crippen molar-refractivity contribution in [2.24, 2.45) is 0 Å². The van der Waals surface area contributed by atoms with Gasteiger partial charge in [0.25, 0.3) is 0 Å². The van der Waals surface area contributed by atoms with Gasteiger partial charge in [-0.15, -0.1) is 0 Å². The second-order valence-corrected chi connectivity index (χ2v) is 4.33. The summed E-state index contributed by atoms with van der Waals surface area (Å²) < 4.78 is 29.2. The molecule has 0 spiro atoms. The molecule has 0 saturated heterocycles. The fraction of sp³-hybridized carbons (Fsp3) is 0.143. The zero-order valence-electron chi connectivity index (χ0n) is 10.9. The van der Waals surface area contributed by atoms with Crippen molar-refractivity contribution in [2.45, 2.75) is 0 Å². The fourth-order valence-electron chi connectivity index (χ4n) is 1.63. The molecule has 106 valence electrons. The number of nitrogens with two attached hydrogens (primary N) is 1. The molecule has 0 amide bonds. The summed E-state index contributed by atoms with van der Waals surface area (Å²) in [6.45, 7) is 0. The number of rotatable bonds is 4. The number of hydrogen-bond acceptors (Lipinski definition) is 4. The largest absolute Gasteiger partial charge is 0.493 e. The Morgan fingerprint density at radius 2 is 1.65 bits per heavy atom. The van der Waals surface area contributed by atoms with Crippen LogP contribution in [-0.2, 0) is 0 Å². The molecule has 0 aromatic heterocycles. The van der Waals surface area contributed by atoms with Crippen molar-refractivity contribution >= 4 is 17.3 Å². The first kappa shape index (κ1) is 14.3. The second kappa shape index (κ2) is 5.88. The molecule has 0 aliphatic rings. The number of ether oxygens (including phenoxy) is 3. The Morgan fingerprint density at radius 1 is 1.00 bits per heavy atom. The Balaban J connectivity index is 2.35. The lowest BCUT2D eigenvalue weighted by atomic mass is 10.2. The van der Waals surface area contributed by atoms with Gasteiger partial charge in [-0.2, -0.15) is 0 Å². The summed E-state index contributed by atoms with van der Waals surface area (Å²) in [5, 5.41) is 0.0256. The molecule has 4 nitrogen and oxygen atoms in total. The van der Waals surface area contributed by atoms with Crippen molar-refractivity contribution in [3.05, 3.63) is 41.2 Å². The Kier molecular flexibility index (Phi) is 4.20. The second-order valence-electron chi connectivity index (χ2n) is 3.92. The topological polar surface area (TPSA) is 53.7 Å². The zero-order valence-corrected chi connectivity index (χ0v) is 11.7. The molecule has 0 atom stereocenters. The predicted molar refractivity (Wildman–Crippen MR) is 75.4 cm³/mol. The summed E-state index contributed by atoms with van der Waals surface area (Å²) in [5.74, 6) is 1.00. The van der Waals surface area contributed by atoms with Crippen LogP contribution in [0.2, 0.25) is 5.02 Å². The maximum atomic E-state index is 13.4. The summed E-state index contributed by atoms with van der Waals surface area (Å²) in [6.07, 6.45) is 0. The van der Waals surface area contributed by atoms with Crippen LogP contribution in [0.3, 0.4) is 0 Å². The third-order valence-corrected chi connectivity index (χ3v) is 2.94. The normalized spacial score (nSPS) is 10.2. The van der Waals surface area contributed by atoms with Crippen LogP contribution in [0.1, 0.15) is 0 Å². The highest BCUT2D eigenvalue weighted by atomic mass is 35.5. The van der Waals surface area contributed by atoms with E-state index in [9.17, 15) is 4.39 Å². The van der Waals surface area contributed by atoms with E-state index in [0.29, 0.717) is 22.9 Å². The van der Waals surface area contributed by atoms with E-state index in [4.69, 9.17) is 31.5 Å². The molecule has 2 aromatic rings. The van der Waals surface area contributed by atoms with E-state index in [1.165, 1.54) is 26.4 Å². The molecule has 20 heavy (non-hydrogen) atoms. The van der Waals surface area contributed by atoms with E-state index in [2.05, 4.69) is 0 Å². The number of hydrogen-bond donors (Lipinski definition) is 1. The average Bonchev–Trinajstić information content (AvgIpc) is 2.44. The number of anilines is 1. The van der Waals surface area contributed by atoms with Gasteiger partial charge in [0.2, 0.25) is 0 Å². The van der Waals surface area contributed by atoms with E-state index in [1.807, 2.05) is 0 Å². The molecule has 0 aliphatic heterocycles. The molecular weight excluding hydrogens is 285 g/mol. The average molecular weight is 298 g/mol. The van der Waals surface area contributed by atoms with Gasteiger partial charge < -0.3 is 19.9 Å². The van der Waals surface area contributed by atoms with Gasteiger partial charge in [0.05, 0.1) is 24.9 Å². The first-order valence-electron chi connectivity index (χ1n) is 5.69. The van der Waals surface area contributed by atoms with Crippen molar-refractivity contribution in [1.29, 1.82) is 0 Å². The first-order chi connectivity index (χ1) is 9.55. The maximum absolute atomic E-state index is 13.4. The van der Waals surface area contributed by atoms with Crippen LogP contribution in [-0.4, -0.2) is 14.2 Å². The van der Waals surface area contributed by atoms with Gasteiger partial charge in [-0.3, -0.25) is 0 Å². The van der Waals surface area contributed by atoms with Gasteiger partial charge in [-0.05, 0) is 12.1 Å². The molecule has 0 unspecified atom stereocenters. The summed E-state index contributed by atoms with van der Waals surface area (Å²) in [7, 11) is 3.01. The van der Waals surface area contributed by atoms with Crippen LogP contribution >= 0.6 is 11.6 Å². The Morgan fingerprint density at radius 3 is 2.25 bits per heavy atom. The van der Waals surface area contributed by atoms with E-state index >= 15 is 0 Å². The minimum atomic E-state index is -0.566. The quantitative estimate of drug-likeness (QED) is 0.870. The number of halogens is 2. The monoisotopic (exact) mass is 297 g/mol. The SMILES string of the molecule is COc1cc(N)c(Oc2ccc(Cl)c(F)c2)cc1OC. The molecular formula is C14H13ClFNO3. The fourth-order valence-corrected chi connectivity index (χ4v) is 1.75. The summed E-state index contributed by atoms with van der Waals surface area (Å²) in [5.41, 5.74) is 6.20. The lowest BCUT2D eigenvalue weighted by Gasteiger charge is -2.13. The Bertz CT molecular complexity index is 634. The van der Waals surface area contributed by atoms with Crippen molar-refractivity contribution in [1.82, 2.24) is 0 Å². The highest BCUT2D eigenvalue weighted by Crippen LogP contribution is 2.38. The third kappa shape index (κ3) is 2.88. The third-order valence-electron chi connectivity index (χ3n) is 2.63. The molecule has 2 N–H and O–H groups in total. The van der Waals surface area contributed by atoms with E-state index in [1.54, 1.807) is 18.2 Å². The minimum Gasteiger partial charge on any atom is -0.493 e. The van der Waals surface area contributed by atoms with Gasteiger partial charge in [0, 0.05) is 18.2 Å². The molecule has 0 fully saturated rings. The van der Waals surface area contributed by atoms with Crippen LogP contribution in [0.4, 0.5) is 10.1 Å². The van der Waals surface area contributed by atoms with Crippen LogP contribution in [0.5, 0.6) is 23.0 Å². The Labute approximate surface area is 120 Å². The molecule has 0 saturated carbocycles. The molecule has 0 aliphatic carbocycles. The summed E-state index contributed by atoms with van der Waals surface area (Å²) in [6, 6.07) is 7.27. The molecule has 0 radical (unpaired) electrons. The number of methoxy groups -OCH3 is 2. The van der Waals surface area contributed by atoms with Gasteiger partial charge in [0.15, 0.2) is 17.2 Å². The molecule has 2 rings (SSSR count). The standard InChI is InChI=1S/C14H13ClFNO3/c1-18-13-6-11(17)12(7-14(13)19-2)20-8-3-4-9(15)10(16)5-8/h3-7H,17H2,1-2H3. The summed E-state index contributed by atoms with van der Waals surface area (Å²) in [4.78, 5) is 0. The van der Waals surface area contributed by atoms with Gasteiger partial charge in [-0.1, -0.05) is 11.6 Å². The van der Waals surface area contributed by atoms with Crippen LogP contribution in [0.15, 0.2) is 30.3 Å². The summed E-state index contributed by atoms with van der Waals surface area (Å²) >= 11 is 5.61. The van der Waals surface area contributed by atoms with Crippen LogP contribution in [0, 0.1) is 5.82 Å².